The van der Waals surface area contributed by atoms with E-state index in [2.05, 4.69) is 25.1 Å². The molecule has 1 N–H and O–H groups in total. The fraction of sp³-hybridized carbons (Fsp3) is 0.579. The Morgan fingerprint density at radius 3 is 2.57 bits per heavy atom. The van der Waals surface area contributed by atoms with E-state index in [1.54, 1.807) is 0 Å². The van der Waals surface area contributed by atoms with Crippen molar-refractivity contribution in [2.75, 3.05) is 0 Å². The molecular weight excluding hydrogens is 290 g/mol. The molecule has 126 valence electrons. The molecule has 1 aromatic carbocycles. The molecular formula is C19H27NO3. The van der Waals surface area contributed by atoms with Crippen LogP contribution in [0.15, 0.2) is 24.3 Å². The maximum Gasteiger partial charge on any atom is 0.303 e. The van der Waals surface area contributed by atoms with Crippen molar-refractivity contribution in [1.82, 2.24) is 4.90 Å². The zero-order chi connectivity index (χ0) is 16.7. The summed E-state index contributed by atoms with van der Waals surface area (Å²) < 4.78 is 0. The van der Waals surface area contributed by atoms with Crippen LogP contribution in [0.4, 0.5) is 0 Å². The maximum absolute atomic E-state index is 12.6. The number of amides is 1. The Bertz CT molecular complexity index is 535. The average molecular weight is 317 g/mol. The quantitative estimate of drug-likeness (QED) is 0.829. The first-order valence-corrected chi connectivity index (χ1v) is 8.63. The molecule has 1 saturated carbocycles. The predicted molar refractivity (Wildman–Crippen MR) is 90.1 cm³/mol. The molecule has 0 saturated heterocycles. The van der Waals surface area contributed by atoms with Crippen molar-refractivity contribution in [3.63, 3.8) is 0 Å². The van der Waals surface area contributed by atoms with Gasteiger partial charge in [-0.05, 0) is 31.7 Å². The van der Waals surface area contributed by atoms with E-state index in [-0.39, 0.29) is 12.3 Å². The van der Waals surface area contributed by atoms with Gasteiger partial charge in [0.2, 0.25) is 5.91 Å². The molecule has 1 fully saturated rings. The van der Waals surface area contributed by atoms with Gasteiger partial charge in [0.15, 0.2) is 0 Å². The predicted octanol–water partition coefficient (Wildman–Crippen LogP) is 3.91. The molecule has 0 unspecified atom stereocenters. The largest absolute Gasteiger partial charge is 0.481 e. The van der Waals surface area contributed by atoms with Gasteiger partial charge in [-0.2, -0.15) is 0 Å². The Labute approximate surface area is 138 Å². The summed E-state index contributed by atoms with van der Waals surface area (Å²) in [6.07, 6.45) is 6.55. The third-order valence-electron chi connectivity index (χ3n) is 4.55. The third-order valence-corrected chi connectivity index (χ3v) is 4.55. The van der Waals surface area contributed by atoms with Crippen LogP contribution in [0.25, 0.3) is 0 Å². The molecule has 1 aromatic rings. The molecule has 0 atom stereocenters. The van der Waals surface area contributed by atoms with E-state index in [9.17, 15) is 9.59 Å². The molecule has 23 heavy (non-hydrogen) atoms. The number of carbonyl (C=O) groups excluding carboxylic acids is 1. The molecule has 0 aliphatic heterocycles. The third kappa shape index (κ3) is 5.70. The highest BCUT2D eigenvalue weighted by Crippen LogP contribution is 2.25. The highest BCUT2D eigenvalue weighted by molar-refractivity contribution is 5.77. The Morgan fingerprint density at radius 1 is 1.17 bits per heavy atom. The molecule has 4 nitrogen and oxygen atoms in total. The molecule has 0 radical (unpaired) electrons. The van der Waals surface area contributed by atoms with Crippen molar-refractivity contribution in [1.29, 1.82) is 0 Å². The summed E-state index contributed by atoms with van der Waals surface area (Å²) >= 11 is 0. The van der Waals surface area contributed by atoms with E-state index in [1.807, 2.05) is 11.0 Å². The van der Waals surface area contributed by atoms with E-state index < -0.39 is 5.97 Å². The van der Waals surface area contributed by atoms with Crippen LogP contribution in [0.5, 0.6) is 0 Å². The number of nitrogens with zero attached hydrogens (tertiary/aromatic N) is 1. The first-order chi connectivity index (χ1) is 11.1. The Balaban J connectivity index is 2.04. The van der Waals surface area contributed by atoms with Crippen LogP contribution in [0.2, 0.25) is 0 Å². The normalized spacial score (nSPS) is 15.3. The zero-order valence-corrected chi connectivity index (χ0v) is 14.0. The van der Waals surface area contributed by atoms with E-state index in [1.165, 1.54) is 24.8 Å². The van der Waals surface area contributed by atoms with E-state index in [0.717, 1.165) is 18.4 Å². The minimum absolute atomic E-state index is 0.0642. The second-order valence-corrected chi connectivity index (χ2v) is 6.55. The van der Waals surface area contributed by atoms with Gasteiger partial charge in [0, 0.05) is 25.4 Å². The second kappa shape index (κ2) is 8.70. The van der Waals surface area contributed by atoms with E-state index >= 15 is 0 Å². The van der Waals surface area contributed by atoms with Crippen molar-refractivity contribution in [3.05, 3.63) is 35.4 Å². The van der Waals surface area contributed by atoms with Gasteiger partial charge < -0.3 is 10.0 Å². The lowest BCUT2D eigenvalue weighted by molar-refractivity contribution is -0.137. The number of carboxylic acid groups (broad SMARTS) is 1. The number of carboxylic acids is 1. The summed E-state index contributed by atoms with van der Waals surface area (Å²) in [5.74, 6) is -0.736. The van der Waals surface area contributed by atoms with Crippen LogP contribution in [0.1, 0.15) is 62.5 Å². The van der Waals surface area contributed by atoms with Crippen molar-refractivity contribution >= 4 is 11.9 Å². The monoisotopic (exact) mass is 317 g/mol. The highest BCUT2D eigenvalue weighted by Gasteiger charge is 2.25. The Morgan fingerprint density at radius 2 is 1.91 bits per heavy atom. The molecule has 0 bridgehead atoms. The number of rotatable bonds is 7. The first-order valence-electron chi connectivity index (χ1n) is 8.63. The van der Waals surface area contributed by atoms with Crippen molar-refractivity contribution in [2.45, 2.75) is 70.9 Å². The minimum atomic E-state index is -0.833. The molecule has 0 aromatic heterocycles. The molecule has 1 amide bonds. The van der Waals surface area contributed by atoms with Gasteiger partial charge in [0.05, 0.1) is 0 Å². The molecule has 2 rings (SSSR count). The second-order valence-electron chi connectivity index (χ2n) is 6.55. The lowest BCUT2D eigenvalue weighted by Gasteiger charge is -2.34. The Hall–Kier alpha value is -1.84. The first kappa shape index (κ1) is 17.5. The number of aliphatic carboxylic acids is 1. The SMILES string of the molecule is Cc1cccc(CN(C(=O)CCCC(=O)O)C2CCCCC2)c1. The summed E-state index contributed by atoms with van der Waals surface area (Å²) in [7, 11) is 0. The summed E-state index contributed by atoms with van der Waals surface area (Å²) in [5, 5.41) is 8.75. The summed E-state index contributed by atoms with van der Waals surface area (Å²) in [5.41, 5.74) is 2.35. The van der Waals surface area contributed by atoms with Crippen LogP contribution < -0.4 is 0 Å². The number of hydrogen-bond acceptors (Lipinski definition) is 2. The number of hydrogen-bond donors (Lipinski definition) is 1. The Kier molecular flexibility index (Phi) is 6.63. The van der Waals surface area contributed by atoms with Crippen LogP contribution in [-0.2, 0) is 16.1 Å². The summed E-state index contributed by atoms with van der Waals surface area (Å²) in [6, 6.07) is 8.58. The average Bonchev–Trinajstić information content (AvgIpc) is 2.53. The van der Waals surface area contributed by atoms with Crippen LogP contribution in [-0.4, -0.2) is 27.9 Å². The molecule has 1 aliphatic rings. The van der Waals surface area contributed by atoms with Gasteiger partial charge in [-0.3, -0.25) is 9.59 Å². The van der Waals surface area contributed by atoms with Gasteiger partial charge >= 0.3 is 5.97 Å². The maximum atomic E-state index is 12.6. The zero-order valence-electron chi connectivity index (χ0n) is 14.0. The summed E-state index contributed by atoms with van der Waals surface area (Å²) in [4.78, 5) is 25.3. The van der Waals surface area contributed by atoms with Gasteiger partial charge in [0.25, 0.3) is 0 Å². The van der Waals surface area contributed by atoms with Gasteiger partial charge in [0.1, 0.15) is 0 Å². The molecule has 1 aliphatic carbocycles. The van der Waals surface area contributed by atoms with Gasteiger partial charge in [-0.15, -0.1) is 0 Å². The highest BCUT2D eigenvalue weighted by atomic mass is 16.4. The van der Waals surface area contributed by atoms with Crippen molar-refractivity contribution < 1.29 is 14.7 Å². The van der Waals surface area contributed by atoms with Crippen molar-refractivity contribution in [3.8, 4) is 0 Å². The fourth-order valence-electron chi connectivity index (χ4n) is 3.36. The lowest BCUT2D eigenvalue weighted by atomic mass is 9.93. The summed E-state index contributed by atoms with van der Waals surface area (Å²) in [6.45, 7) is 2.70. The number of benzene rings is 1. The topological polar surface area (TPSA) is 57.6 Å². The smallest absolute Gasteiger partial charge is 0.303 e. The van der Waals surface area contributed by atoms with E-state index in [0.29, 0.717) is 25.4 Å². The fourth-order valence-corrected chi connectivity index (χ4v) is 3.36. The van der Waals surface area contributed by atoms with Crippen molar-refractivity contribution in [2.24, 2.45) is 0 Å². The standard InChI is InChI=1S/C19H27NO3/c1-15-7-5-8-16(13-15)14-20(17-9-3-2-4-10-17)18(21)11-6-12-19(22)23/h5,7-8,13,17H,2-4,6,9-12,14H2,1H3,(H,22,23). The van der Waals surface area contributed by atoms with E-state index in [4.69, 9.17) is 5.11 Å². The van der Waals surface area contributed by atoms with Gasteiger partial charge in [-0.25, -0.2) is 0 Å². The van der Waals surface area contributed by atoms with Crippen LogP contribution >= 0.6 is 0 Å². The molecule has 0 spiro atoms. The number of carbonyl (C=O) groups is 2. The van der Waals surface area contributed by atoms with Crippen LogP contribution in [0, 0.1) is 6.92 Å². The number of aryl methyl sites for hydroxylation is 1. The minimum Gasteiger partial charge on any atom is -0.481 e. The van der Waals surface area contributed by atoms with Gasteiger partial charge in [-0.1, -0.05) is 49.1 Å². The molecule has 4 heteroatoms. The molecule has 0 heterocycles. The lowest BCUT2D eigenvalue weighted by Crippen LogP contribution is -2.40. The van der Waals surface area contributed by atoms with Crippen LogP contribution in [0.3, 0.4) is 0 Å².